The lowest BCUT2D eigenvalue weighted by Gasteiger charge is -2.31. The van der Waals surface area contributed by atoms with Crippen LogP contribution in [-0.4, -0.2) is 0 Å². The van der Waals surface area contributed by atoms with Gasteiger partial charge in [-0.1, -0.05) is 146 Å². The molecule has 1 aromatic rings. The highest BCUT2D eigenvalue weighted by Gasteiger charge is 2.26. The number of hydrogen-bond acceptors (Lipinski definition) is 1. The third-order valence-corrected chi connectivity index (χ3v) is 6.58. The van der Waals surface area contributed by atoms with Crippen LogP contribution in [0.5, 0.6) is 0 Å². The maximum absolute atomic E-state index is 7.03. The second kappa shape index (κ2) is 19.2. The minimum Gasteiger partial charge on any atom is -0.321 e. The Morgan fingerprint density at radius 1 is 0.567 bits per heavy atom. The Morgan fingerprint density at radius 3 is 1.27 bits per heavy atom. The summed E-state index contributed by atoms with van der Waals surface area (Å²) in [5, 5.41) is 0. The SMILES string of the molecule is CCCCCCCCCCC(N)(CCCCCCCCCC)c1ccc(C)cc1.Cl. The van der Waals surface area contributed by atoms with Crippen LogP contribution in [0.4, 0.5) is 0 Å². The third kappa shape index (κ3) is 13.7. The van der Waals surface area contributed by atoms with Gasteiger partial charge >= 0.3 is 0 Å². The van der Waals surface area contributed by atoms with Crippen molar-refractivity contribution in [1.82, 2.24) is 0 Å². The predicted octanol–water partition coefficient (Wildman–Crippen LogP) is 9.63. The van der Waals surface area contributed by atoms with Crippen LogP contribution in [0.15, 0.2) is 24.3 Å². The average Bonchev–Trinajstić information content (AvgIpc) is 2.72. The number of halogens is 1. The molecule has 0 aliphatic heterocycles. The molecule has 2 heteroatoms. The molecule has 0 spiro atoms. The molecule has 0 saturated heterocycles. The fraction of sp³-hybridized carbons (Fsp3) is 0.786. The van der Waals surface area contributed by atoms with Gasteiger partial charge in [-0.05, 0) is 25.3 Å². The van der Waals surface area contributed by atoms with Gasteiger partial charge in [0.05, 0.1) is 0 Å². The maximum atomic E-state index is 7.03. The summed E-state index contributed by atoms with van der Waals surface area (Å²) >= 11 is 0. The van der Waals surface area contributed by atoms with E-state index in [0.717, 1.165) is 12.8 Å². The summed E-state index contributed by atoms with van der Waals surface area (Å²) in [5.41, 5.74) is 9.59. The summed E-state index contributed by atoms with van der Waals surface area (Å²) in [6.07, 6.45) is 24.2. The predicted molar refractivity (Wildman–Crippen MR) is 139 cm³/mol. The van der Waals surface area contributed by atoms with Crippen LogP contribution in [0.2, 0.25) is 0 Å². The number of unbranched alkanes of at least 4 members (excludes halogenated alkanes) is 14. The van der Waals surface area contributed by atoms with Crippen molar-refractivity contribution in [2.45, 2.75) is 142 Å². The molecular weight excluding hydrogens is 386 g/mol. The van der Waals surface area contributed by atoms with E-state index >= 15 is 0 Å². The summed E-state index contributed by atoms with van der Waals surface area (Å²) in [7, 11) is 0. The minimum absolute atomic E-state index is 0. The van der Waals surface area contributed by atoms with Crippen molar-refractivity contribution in [3.05, 3.63) is 35.4 Å². The summed E-state index contributed by atoms with van der Waals surface area (Å²) in [5.74, 6) is 0. The van der Waals surface area contributed by atoms with Crippen molar-refractivity contribution in [3.63, 3.8) is 0 Å². The molecule has 0 heterocycles. The van der Waals surface area contributed by atoms with Crippen molar-refractivity contribution in [1.29, 1.82) is 0 Å². The Kier molecular flexibility index (Phi) is 18.8. The van der Waals surface area contributed by atoms with Crippen LogP contribution in [0.3, 0.4) is 0 Å². The van der Waals surface area contributed by atoms with E-state index in [-0.39, 0.29) is 17.9 Å². The Morgan fingerprint density at radius 2 is 0.900 bits per heavy atom. The molecule has 2 N–H and O–H groups in total. The van der Waals surface area contributed by atoms with Crippen LogP contribution in [-0.2, 0) is 5.54 Å². The Bertz CT molecular complexity index is 462. The fourth-order valence-corrected chi connectivity index (χ4v) is 4.45. The van der Waals surface area contributed by atoms with Crippen LogP contribution >= 0.6 is 12.4 Å². The molecule has 1 nitrogen and oxygen atoms in total. The van der Waals surface area contributed by atoms with E-state index in [9.17, 15) is 0 Å². The van der Waals surface area contributed by atoms with Gasteiger partial charge in [-0.3, -0.25) is 0 Å². The first-order chi connectivity index (χ1) is 14.1. The van der Waals surface area contributed by atoms with Gasteiger partial charge in [-0.2, -0.15) is 0 Å². The molecule has 0 bridgehead atoms. The maximum Gasteiger partial charge on any atom is 0.0409 e. The smallest absolute Gasteiger partial charge is 0.0409 e. The summed E-state index contributed by atoms with van der Waals surface area (Å²) in [6.45, 7) is 6.75. The first-order valence-electron chi connectivity index (χ1n) is 13.0. The van der Waals surface area contributed by atoms with E-state index in [4.69, 9.17) is 5.73 Å². The van der Waals surface area contributed by atoms with Crippen LogP contribution in [0, 0.1) is 6.92 Å². The van der Waals surface area contributed by atoms with Crippen molar-refractivity contribution < 1.29 is 0 Å². The number of nitrogens with two attached hydrogens (primary N) is 1. The molecule has 1 aromatic carbocycles. The zero-order valence-corrected chi connectivity index (χ0v) is 21.3. The zero-order valence-electron chi connectivity index (χ0n) is 20.5. The van der Waals surface area contributed by atoms with Crippen LogP contribution in [0.1, 0.15) is 141 Å². The lowest BCUT2D eigenvalue weighted by atomic mass is 9.81. The highest BCUT2D eigenvalue weighted by atomic mass is 35.5. The molecule has 0 radical (unpaired) electrons. The number of hydrogen-bond donors (Lipinski definition) is 1. The molecule has 176 valence electrons. The summed E-state index contributed by atoms with van der Waals surface area (Å²) in [6, 6.07) is 9.03. The van der Waals surface area contributed by atoms with Gasteiger partial charge in [0, 0.05) is 5.54 Å². The van der Waals surface area contributed by atoms with Gasteiger partial charge in [-0.15, -0.1) is 12.4 Å². The Labute approximate surface area is 195 Å². The molecular formula is C28H52ClN. The van der Waals surface area contributed by atoms with Crippen molar-refractivity contribution >= 4 is 12.4 Å². The molecule has 0 amide bonds. The Hall–Kier alpha value is -0.530. The molecule has 0 fully saturated rings. The van der Waals surface area contributed by atoms with Crippen molar-refractivity contribution in [2.24, 2.45) is 5.73 Å². The monoisotopic (exact) mass is 437 g/mol. The highest BCUT2D eigenvalue weighted by molar-refractivity contribution is 5.85. The highest BCUT2D eigenvalue weighted by Crippen LogP contribution is 2.31. The van der Waals surface area contributed by atoms with Crippen molar-refractivity contribution in [3.8, 4) is 0 Å². The van der Waals surface area contributed by atoms with E-state index in [2.05, 4.69) is 45.0 Å². The molecule has 30 heavy (non-hydrogen) atoms. The standard InChI is InChI=1S/C28H51N.ClH/c1-4-6-8-10-12-14-16-18-24-28(29,27-22-20-26(3)21-23-27)25-19-17-15-13-11-9-7-5-2;/h20-23H,4-19,24-25,29H2,1-3H3;1H. The van der Waals surface area contributed by atoms with E-state index < -0.39 is 0 Å². The molecule has 0 aliphatic carbocycles. The lowest BCUT2D eigenvalue weighted by Crippen LogP contribution is -2.36. The number of benzene rings is 1. The van der Waals surface area contributed by atoms with E-state index in [1.807, 2.05) is 0 Å². The molecule has 0 aromatic heterocycles. The average molecular weight is 438 g/mol. The zero-order chi connectivity index (χ0) is 21.2. The first kappa shape index (κ1) is 29.5. The molecule has 1 rings (SSSR count). The lowest BCUT2D eigenvalue weighted by molar-refractivity contribution is 0.343. The van der Waals surface area contributed by atoms with Gasteiger partial charge in [0.1, 0.15) is 0 Å². The second-order valence-electron chi connectivity index (χ2n) is 9.47. The van der Waals surface area contributed by atoms with Gasteiger partial charge in [0.2, 0.25) is 0 Å². The third-order valence-electron chi connectivity index (χ3n) is 6.58. The number of rotatable bonds is 19. The van der Waals surface area contributed by atoms with E-state index in [1.54, 1.807) is 0 Å². The van der Waals surface area contributed by atoms with Gasteiger partial charge in [0.15, 0.2) is 0 Å². The summed E-state index contributed by atoms with van der Waals surface area (Å²) < 4.78 is 0. The van der Waals surface area contributed by atoms with Gasteiger partial charge in [-0.25, -0.2) is 0 Å². The van der Waals surface area contributed by atoms with Crippen LogP contribution in [0.25, 0.3) is 0 Å². The summed E-state index contributed by atoms with van der Waals surface area (Å²) in [4.78, 5) is 0. The Balaban J connectivity index is 0.00000841. The fourth-order valence-electron chi connectivity index (χ4n) is 4.45. The molecule has 0 saturated carbocycles. The minimum atomic E-state index is -0.127. The van der Waals surface area contributed by atoms with Gasteiger partial charge < -0.3 is 5.73 Å². The quantitative estimate of drug-likeness (QED) is 0.214. The largest absolute Gasteiger partial charge is 0.321 e. The van der Waals surface area contributed by atoms with Gasteiger partial charge in [0.25, 0.3) is 0 Å². The number of aryl methyl sites for hydroxylation is 1. The van der Waals surface area contributed by atoms with Crippen molar-refractivity contribution in [2.75, 3.05) is 0 Å². The molecule has 0 unspecified atom stereocenters. The first-order valence-corrected chi connectivity index (χ1v) is 13.0. The molecule has 0 atom stereocenters. The van der Waals surface area contributed by atoms with Crippen LogP contribution < -0.4 is 5.73 Å². The molecule has 0 aliphatic rings. The second-order valence-corrected chi connectivity index (χ2v) is 9.47. The normalized spacial score (nSPS) is 11.5. The van der Waals surface area contributed by atoms with E-state index in [1.165, 1.54) is 114 Å². The topological polar surface area (TPSA) is 26.0 Å². The van der Waals surface area contributed by atoms with E-state index in [0.29, 0.717) is 0 Å².